The van der Waals surface area contributed by atoms with Crippen LogP contribution in [0.15, 0.2) is 88.5 Å². The maximum Gasteiger partial charge on any atom is 0.163 e. The van der Waals surface area contributed by atoms with Crippen LogP contribution in [0.1, 0.15) is 41.5 Å². The molecule has 2 N–H and O–H groups in total. The van der Waals surface area contributed by atoms with E-state index in [1.807, 2.05) is 24.3 Å². The number of anilines is 2. The second-order valence-corrected chi connectivity index (χ2v) is 9.05. The largest absolute Gasteiger partial charge is 0.372 e. The van der Waals surface area contributed by atoms with Crippen LogP contribution in [0.5, 0.6) is 0 Å². The average Bonchev–Trinajstić information content (AvgIpc) is 2.91. The lowest BCUT2D eigenvalue weighted by atomic mass is 9.78. The summed E-state index contributed by atoms with van der Waals surface area (Å²) in [7, 11) is 0. The summed E-state index contributed by atoms with van der Waals surface area (Å²) >= 11 is 3.52. The third-order valence-electron chi connectivity index (χ3n) is 6.06. The SMILES string of the molecule is Cc1ccc([C@H]2CC(=O)C3=C(C2)Nc2ccccc2N[C@@H]3c2ccc(Br)cc2)cc1. The van der Waals surface area contributed by atoms with E-state index in [9.17, 15) is 4.79 Å². The molecule has 30 heavy (non-hydrogen) atoms. The van der Waals surface area contributed by atoms with Gasteiger partial charge in [-0.15, -0.1) is 0 Å². The molecule has 0 fully saturated rings. The van der Waals surface area contributed by atoms with E-state index in [-0.39, 0.29) is 17.7 Å². The van der Waals surface area contributed by atoms with E-state index in [4.69, 9.17) is 0 Å². The summed E-state index contributed by atoms with van der Waals surface area (Å²) in [6.45, 7) is 2.09. The molecule has 0 radical (unpaired) electrons. The summed E-state index contributed by atoms with van der Waals surface area (Å²) in [6, 6.07) is 24.8. The van der Waals surface area contributed by atoms with Crippen LogP contribution in [0.2, 0.25) is 0 Å². The highest BCUT2D eigenvalue weighted by atomic mass is 79.9. The van der Waals surface area contributed by atoms with Crippen LogP contribution in [0.25, 0.3) is 0 Å². The van der Waals surface area contributed by atoms with Gasteiger partial charge < -0.3 is 10.6 Å². The Morgan fingerprint density at radius 2 is 1.50 bits per heavy atom. The molecule has 3 nitrogen and oxygen atoms in total. The Hall–Kier alpha value is -2.85. The number of nitrogens with one attached hydrogen (secondary N) is 2. The molecular formula is C26H23BrN2O. The van der Waals surface area contributed by atoms with Gasteiger partial charge in [0.05, 0.1) is 17.4 Å². The number of ketones is 1. The van der Waals surface area contributed by atoms with E-state index in [1.54, 1.807) is 0 Å². The number of carbonyl (C=O) groups excluding carboxylic acids is 1. The molecule has 2 aliphatic rings. The van der Waals surface area contributed by atoms with Gasteiger partial charge in [0.25, 0.3) is 0 Å². The van der Waals surface area contributed by atoms with Gasteiger partial charge in [-0.25, -0.2) is 0 Å². The molecule has 3 aromatic carbocycles. The fourth-order valence-corrected chi connectivity index (χ4v) is 4.74. The number of hydrogen-bond donors (Lipinski definition) is 2. The topological polar surface area (TPSA) is 41.1 Å². The number of aryl methyl sites for hydroxylation is 1. The Bertz CT molecular complexity index is 1130. The van der Waals surface area contributed by atoms with Gasteiger partial charge in [-0.05, 0) is 54.7 Å². The standard InChI is InChI=1S/C26H23BrN2O/c1-16-6-8-17(9-7-16)19-14-23-25(24(30)15-19)26(18-10-12-20(27)13-11-18)29-22-5-3-2-4-21(22)28-23/h2-13,19,26,28-29H,14-15H2,1H3/t19-,26-/m1/s1. The maximum atomic E-state index is 13.5. The monoisotopic (exact) mass is 458 g/mol. The zero-order chi connectivity index (χ0) is 20.7. The quantitative estimate of drug-likeness (QED) is 0.446. The highest BCUT2D eigenvalue weighted by Crippen LogP contribution is 2.44. The van der Waals surface area contributed by atoms with Gasteiger partial charge in [0.1, 0.15) is 0 Å². The van der Waals surface area contributed by atoms with Crippen LogP contribution in [0.4, 0.5) is 11.4 Å². The predicted octanol–water partition coefficient (Wildman–Crippen LogP) is 6.74. The Balaban J connectivity index is 1.60. The van der Waals surface area contributed by atoms with Crippen molar-refractivity contribution in [1.82, 2.24) is 0 Å². The molecule has 0 amide bonds. The molecule has 4 heteroatoms. The number of rotatable bonds is 2. The highest BCUT2D eigenvalue weighted by Gasteiger charge is 2.35. The summed E-state index contributed by atoms with van der Waals surface area (Å²) in [5, 5.41) is 7.23. The smallest absolute Gasteiger partial charge is 0.163 e. The first-order valence-electron chi connectivity index (χ1n) is 10.3. The zero-order valence-electron chi connectivity index (χ0n) is 16.8. The number of hydrogen-bond acceptors (Lipinski definition) is 3. The molecule has 3 aromatic rings. The van der Waals surface area contributed by atoms with Crippen molar-refractivity contribution < 1.29 is 4.79 Å². The minimum absolute atomic E-state index is 0.171. The van der Waals surface area contributed by atoms with Gasteiger partial charge in [0.15, 0.2) is 5.78 Å². The van der Waals surface area contributed by atoms with E-state index in [0.29, 0.717) is 6.42 Å². The van der Waals surface area contributed by atoms with E-state index < -0.39 is 0 Å². The molecule has 0 bridgehead atoms. The molecule has 0 saturated heterocycles. The first-order chi connectivity index (χ1) is 14.6. The lowest BCUT2D eigenvalue weighted by Crippen LogP contribution is -2.26. The summed E-state index contributed by atoms with van der Waals surface area (Å²) in [5.74, 6) is 0.405. The molecule has 1 aliphatic heterocycles. The normalized spacial score (nSPS) is 20.5. The van der Waals surface area contributed by atoms with Crippen LogP contribution >= 0.6 is 15.9 Å². The number of halogens is 1. The molecule has 0 unspecified atom stereocenters. The van der Waals surface area contributed by atoms with Crippen molar-refractivity contribution >= 4 is 33.1 Å². The van der Waals surface area contributed by atoms with Crippen LogP contribution < -0.4 is 10.6 Å². The molecule has 5 rings (SSSR count). The minimum Gasteiger partial charge on any atom is -0.372 e. The van der Waals surface area contributed by atoms with Gasteiger partial charge in [-0.3, -0.25) is 4.79 Å². The maximum absolute atomic E-state index is 13.5. The van der Waals surface area contributed by atoms with E-state index in [1.165, 1.54) is 11.1 Å². The highest BCUT2D eigenvalue weighted by molar-refractivity contribution is 9.10. The number of fused-ring (bicyclic) bond motifs is 1. The van der Waals surface area contributed by atoms with Gasteiger partial charge >= 0.3 is 0 Å². The third-order valence-corrected chi connectivity index (χ3v) is 6.59. The number of benzene rings is 3. The van der Waals surface area contributed by atoms with Crippen LogP contribution in [-0.4, -0.2) is 5.78 Å². The van der Waals surface area contributed by atoms with E-state index >= 15 is 0 Å². The zero-order valence-corrected chi connectivity index (χ0v) is 18.4. The number of para-hydroxylation sites is 2. The summed E-state index contributed by atoms with van der Waals surface area (Å²) in [5.41, 5.74) is 7.47. The van der Waals surface area contributed by atoms with Crippen molar-refractivity contribution in [3.63, 3.8) is 0 Å². The van der Waals surface area contributed by atoms with Gasteiger partial charge in [-0.1, -0.05) is 70.0 Å². The van der Waals surface area contributed by atoms with Gasteiger partial charge in [-0.2, -0.15) is 0 Å². The molecule has 0 spiro atoms. The molecule has 150 valence electrons. The second-order valence-electron chi connectivity index (χ2n) is 8.13. The predicted molar refractivity (Wildman–Crippen MR) is 126 cm³/mol. The van der Waals surface area contributed by atoms with Crippen LogP contribution in [0.3, 0.4) is 0 Å². The Morgan fingerprint density at radius 3 is 2.23 bits per heavy atom. The van der Waals surface area contributed by atoms with Crippen molar-refractivity contribution in [2.75, 3.05) is 10.6 Å². The molecular weight excluding hydrogens is 436 g/mol. The Morgan fingerprint density at radius 1 is 0.833 bits per heavy atom. The van der Waals surface area contributed by atoms with Crippen molar-refractivity contribution in [1.29, 1.82) is 0 Å². The average molecular weight is 459 g/mol. The third kappa shape index (κ3) is 3.56. The molecule has 0 saturated carbocycles. The first-order valence-corrected chi connectivity index (χ1v) is 11.1. The summed E-state index contributed by atoms with van der Waals surface area (Å²) < 4.78 is 1.03. The fourth-order valence-electron chi connectivity index (χ4n) is 4.47. The lowest BCUT2D eigenvalue weighted by Gasteiger charge is -2.30. The van der Waals surface area contributed by atoms with Crippen LogP contribution in [-0.2, 0) is 4.79 Å². The first kappa shape index (κ1) is 19.1. The van der Waals surface area contributed by atoms with Gasteiger partial charge in [0.2, 0.25) is 0 Å². The lowest BCUT2D eigenvalue weighted by molar-refractivity contribution is -0.116. The van der Waals surface area contributed by atoms with E-state index in [0.717, 1.165) is 39.1 Å². The minimum atomic E-state index is -0.171. The summed E-state index contributed by atoms with van der Waals surface area (Å²) in [6.07, 6.45) is 1.36. The number of allylic oxidation sites excluding steroid dienone is 1. The number of carbonyl (C=O) groups is 1. The Labute approximate surface area is 185 Å². The van der Waals surface area contributed by atoms with Crippen molar-refractivity contribution in [3.8, 4) is 0 Å². The molecule has 1 heterocycles. The molecule has 2 atom stereocenters. The number of Topliss-reactive ketones (excluding diaryl/α,β-unsaturated/α-hetero) is 1. The van der Waals surface area contributed by atoms with Crippen LogP contribution in [0, 0.1) is 6.92 Å². The van der Waals surface area contributed by atoms with Gasteiger partial charge in [0, 0.05) is 22.2 Å². The molecule has 0 aromatic heterocycles. The second kappa shape index (κ2) is 7.77. The van der Waals surface area contributed by atoms with E-state index in [2.05, 4.69) is 82.0 Å². The van der Waals surface area contributed by atoms with Crippen molar-refractivity contribution in [3.05, 3.63) is 105 Å². The molecule has 1 aliphatic carbocycles. The fraction of sp³-hybridized carbons (Fsp3) is 0.192. The Kier molecular flexibility index (Phi) is 4.95. The van der Waals surface area contributed by atoms with Crippen molar-refractivity contribution in [2.45, 2.75) is 31.7 Å². The summed E-state index contributed by atoms with van der Waals surface area (Å²) in [4.78, 5) is 13.5. The van der Waals surface area contributed by atoms with Crippen molar-refractivity contribution in [2.24, 2.45) is 0 Å².